The quantitative estimate of drug-likeness (QED) is 0.0756. The van der Waals surface area contributed by atoms with E-state index in [-0.39, 0.29) is 24.4 Å². The fraction of sp³-hybridized carbons (Fsp3) is 0.395. The van der Waals surface area contributed by atoms with Gasteiger partial charge in [-0.1, -0.05) is 119 Å². The maximum absolute atomic E-state index is 11.9. The third-order valence-corrected chi connectivity index (χ3v) is 9.24. The number of hydrogen-bond acceptors (Lipinski definition) is 6. The van der Waals surface area contributed by atoms with Gasteiger partial charge in [0, 0.05) is 0 Å². The number of aliphatic hydroxyl groups excluding tert-OH is 2. The second-order valence-corrected chi connectivity index (χ2v) is 13.1. The zero-order valence-corrected chi connectivity index (χ0v) is 29.1. The minimum Gasteiger partial charge on any atom is -0.462 e. The predicted molar refractivity (Wildman–Crippen MR) is 198 cm³/mol. The van der Waals surface area contributed by atoms with Gasteiger partial charge in [-0.15, -0.1) is 0 Å². The van der Waals surface area contributed by atoms with Crippen molar-refractivity contribution in [2.45, 2.75) is 77.6 Å². The second kappa shape index (κ2) is 19.7. The first-order valence-electron chi connectivity index (χ1n) is 17.8. The van der Waals surface area contributed by atoms with Crippen LogP contribution in [0.1, 0.15) is 81.4 Å². The number of hydrogen-bond donors (Lipinski definition) is 2. The van der Waals surface area contributed by atoms with Crippen molar-refractivity contribution in [1.82, 2.24) is 0 Å². The molecule has 1 unspecified atom stereocenters. The molecule has 0 radical (unpaired) electrons. The van der Waals surface area contributed by atoms with Gasteiger partial charge in [-0.2, -0.15) is 0 Å². The minimum atomic E-state index is -0.581. The fourth-order valence-corrected chi connectivity index (χ4v) is 6.26. The Morgan fingerprint density at radius 1 is 0.694 bits per heavy atom. The Hall–Kier alpha value is -4.26. The number of esters is 2. The van der Waals surface area contributed by atoms with E-state index in [0.717, 1.165) is 33.7 Å². The first-order chi connectivity index (χ1) is 23.8. The second-order valence-electron chi connectivity index (χ2n) is 13.1. The molecule has 0 aliphatic heterocycles. The van der Waals surface area contributed by atoms with Gasteiger partial charge in [0.25, 0.3) is 0 Å². The average Bonchev–Trinajstić information content (AvgIpc) is 3.14. The summed E-state index contributed by atoms with van der Waals surface area (Å²) in [5.41, 5.74) is 9.65. The molecule has 6 nitrogen and oxygen atoms in total. The van der Waals surface area contributed by atoms with E-state index in [1.54, 1.807) is 0 Å². The molecule has 0 spiro atoms. The molecule has 260 valence electrons. The minimum absolute atomic E-state index is 0.0414. The third-order valence-electron chi connectivity index (χ3n) is 9.24. The van der Waals surface area contributed by atoms with Crippen LogP contribution in [0.4, 0.5) is 0 Å². The first kappa shape index (κ1) is 37.6. The number of unbranched alkanes of at least 4 members (excludes halogenated alkanes) is 2. The molecule has 1 atom stereocenters. The van der Waals surface area contributed by atoms with Crippen molar-refractivity contribution in [2.75, 3.05) is 26.4 Å². The molecule has 6 heteroatoms. The smallest absolute Gasteiger partial charge is 0.335 e. The van der Waals surface area contributed by atoms with Crippen LogP contribution in [0.25, 0.3) is 27.8 Å². The molecular weight excluding hydrogens is 612 g/mol. The number of allylic oxidation sites excluding steroid dienone is 2. The van der Waals surface area contributed by atoms with Crippen molar-refractivity contribution < 1.29 is 29.3 Å². The summed E-state index contributed by atoms with van der Waals surface area (Å²) in [5, 5.41) is 18.2. The van der Waals surface area contributed by atoms with E-state index >= 15 is 0 Å². The Bertz CT molecular complexity index is 1530. The van der Waals surface area contributed by atoms with Gasteiger partial charge in [0.1, 0.15) is 0 Å². The van der Waals surface area contributed by atoms with Crippen LogP contribution >= 0.6 is 0 Å². The summed E-state index contributed by atoms with van der Waals surface area (Å²) < 4.78 is 10.5. The van der Waals surface area contributed by atoms with Crippen molar-refractivity contribution in [3.63, 3.8) is 0 Å². The van der Waals surface area contributed by atoms with E-state index < -0.39 is 25.2 Å². The number of aryl methyl sites for hydroxylation is 2. The molecule has 0 saturated carbocycles. The predicted octanol–water partition coefficient (Wildman–Crippen LogP) is 8.83. The molecule has 0 heterocycles. The van der Waals surface area contributed by atoms with Crippen molar-refractivity contribution in [2.24, 2.45) is 5.92 Å². The lowest BCUT2D eigenvalue weighted by atomic mass is 9.83. The van der Waals surface area contributed by atoms with E-state index in [1.807, 2.05) is 0 Å². The Labute approximate surface area is 292 Å². The summed E-state index contributed by atoms with van der Waals surface area (Å²) in [7, 11) is 0. The van der Waals surface area contributed by atoms with Gasteiger partial charge < -0.3 is 19.7 Å². The molecule has 0 amide bonds. The summed E-state index contributed by atoms with van der Waals surface area (Å²) in [6.45, 7) is 8.91. The molecule has 2 N–H and O–H groups in total. The highest BCUT2D eigenvalue weighted by molar-refractivity contribution is 5.88. The standard InChI is InChI=1S/C43H52O6/c1-4-5-6-9-33-12-14-36(15-13-33)37-16-18-38(19-17-37)39-20-22-40(23-21-39)41-27-34(10-7-24-48-42(46)31(2)29-44)26-35(28-41)11-8-25-49-43(47)32(3)30-45/h14,16-23,26-28,33,44-45H,2-13,15,24-25,29-30H2,1H3. The molecule has 3 aromatic carbocycles. The van der Waals surface area contributed by atoms with Gasteiger partial charge in [-0.25, -0.2) is 9.59 Å². The van der Waals surface area contributed by atoms with E-state index in [1.165, 1.54) is 61.6 Å². The molecule has 49 heavy (non-hydrogen) atoms. The topological polar surface area (TPSA) is 93.1 Å². The fourth-order valence-electron chi connectivity index (χ4n) is 6.26. The van der Waals surface area contributed by atoms with E-state index in [0.29, 0.717) is 25.7 Å². The van der Waals surface area contributed by atoms with Crippen molar-refractivity contribution in [1.29, 1.82) is 0 Å². The van der Waals surface area contributed by atoms with Crippen molar-refractivity contribution in [3.8, 4) is 22.3 Å². The average molecular weight is 665 g/mol. The molecule has 0 saturated heterocycles. The molecule has 4 rings (SSSR count). The largest absolute Gasteiger partial charge is 0.462 e. The third kappa shape index (κ3) is 11.7. The molecule has 1 aliphatic rings. The molecule has 0 bridgehead atoms. The van der Waals surface area contributed by atoms with Gasteiger partial charge in [-0.05, 0) is 95.4 Å². The van der Waals surface area contributed by atoms with Gasteiger partial charge in [-0.3, -0.25) is 0 Å². The van der Waals surface area contributed by atoms with Gasteiger partial charge in [0.15, 0.2) is 0 Å². The molecule has 1 aliphatic carbocycles. The normalized spacial score (nSPS) is 14.2. The zero-order valence-electron chi connectivity index (χ0n) is 29.1. The van der Waals surface area contributed by atoms with Crippen LogP contribution in [0.2, 0.25) is 0 Å². The van der Waals surface area contributed by atoms with E-state index in [4.69, 9.17) is 19.7 Å². The zero-order chi connectivity index (χ0) is 35.0. The summed E-state index contributed by atoms with van der Waals surface area (Å²) in [4.78, 5) is 23.7. The number of benzene rings is 3. The van der Waals surface area contributed by atoms with E-state index in [9.17, 15) is 9.59 Å². The van der Waals surface area contributed by atoms with Gasteiger partial charge >= 0.3 is 11.9 Å². The van der Waals surface area contributed by atoms with Crippen LogP contribution in [0.5, 0.6) is 0 Å². The Morgan fingerprint density at radius 3 is 1.63 bits per heavy atom. The van der Waals surface area contributed by atoms with Crippen LogP contribution in [0.3, 0.4) is 0 Å². The van der Waals surface area contributed by atoms with Crippen molar-refractivity contribution in [3.05, 3.63) is 114 Å². The van der Waals surface area contributed by atoms with Gasteiger partial charge in [0.05, 0.1) is 37.6 Å². The lowest BCUT2D eigenvalue weighted by Gasteiger charge is -2.22. The number of rotatable bonds is 19. The lowest BCUT2D eigenvalue weighted by molar-refractivity contribution is -0.140. The Kier molecular flexibility index (Phi) is 15.1. The summed E-state index contributed by atoms with van der Waals surface area (Å²) in [6, 6.07) is 24.1. The number of carbonyl (C=O) groups excluding carboxylic acids is 2. The SMILES string of the molecule is C=C(CO)C(=O)OCCCc1cc(CCCOC(=O)C(=C)CO)cc(-c2ccc(-c3ccc(C4=CCC(CCCCC)CC4)cc3)cc2)c1. The molecule has 3 aromatic rings. The maximum atomic E-state index is 11.9. The number of aliphatic hydroxyl groups is 2. The molecular formula is C43H52O6. The van der Waals surface area contributed by atoms with E-state index in [2.05, 4.69) is 92.9 Å². The monoisotopic (exact) mass is 664 g/mol. The highest BCUT2D eigenvalue weighted by Gasteiger charge is 2.15. The van der Waals surface area contributed by atoms with Crippen molar-refractivity contribution >= 4 is 17.5 Å². The summed E-state index contributed by atoms with van der Waals surface area (Å²) in [5.74, 6) is -0.319. The molecule has 0 aromatic heterocycles. The highest BCUT2D eigenvalue weighted by Crippen LogP contribution is 2.34. The van der Waals surface area contributed by atoms with Crippen LogP contribution in [-0.2, 0) is 31.9 Å². The summed E-state index contributed by atoms with van der Waals surface area (Å²) in [6.07, 6.45) is 14.1. The maximum Gasteiger partial charge on any atom is 0.335 e. The Balaban J connectivity index is 1.42. The lowest BCUT2D eigenvalue weighted by Crippen LogP contribution is -2.11. The van der Waals surface area contributed by atoms with Gasteiger partial charge in [0.2, 0.25) is 0 Å². The van der Waals surface area contributed by atoms with Crippen LogP contribution in [-0.4, -0.2) is 48.6 Å². The number of ether oxygens (including phenoxy) is 2. The van der Waals surface area contributed by atoms with Crippen LogP contribution in [0, 0.1) is 5.92 Å². The highest BCUT2D eigenvalue weighted by atomic mass is 16.5. The summed E-state index contributed by atoms with van der Waals surface area (Å²) >= 11 is 0. The number of carbonyl (C=O) groups is 2. The Morgan fingerprint density at radius 2 is 1.18 bits per heavy atom. The first-order valence-corrected chi connectivity index (χ1v) is 17.8. The molecule has 0 fully saturated rings. The van der Waals surface area contributed by atoms with Crippen LogP contribution in [0.15, 0.2) is 97.1 Å². The van der Waals surface area contributed by atoms with Crippen LogP contribution < -0.4 is 0 Å².